The number of hydrogen-bond donors (Lipinski definition) is 2. The summed E-state index contributed by atoms with van der Waals surface area (Å²) in [6.45, 7) is 0.834. The predicted octanol–water partition coefficient (Wildman–Crippen LogP) is 6.08. The summed E-state index contributed by atoms with van der Waals surface area (Å²) in [7, 11) is 1.47. The lowest BCUT2D eigenvalue weighted by Gasteiger charge is -2.46. The van der Waals surface area contributed by atoms with Crippen LogP contribution in [0.1, 0.15) is 84.5 Å². The quantitative estimate of drug-likeness (QED) is 0.0672. The monoisotopic (exact) mass is 974 g/mol. The maximum absolute atomic E-state index is 16.6. The van der Waals surface area contributed by atoms with Gasteiger partial charge in [0.1, 0.15) is 42.1 Å². The molecule has 72 heavy (non-hydrogen) atoms. The van der Waals surface area contributed by atoms with Crippen LogP contribution in [-0.2, 0) is 34.0 Å². The number of morpholine rings is 1. The van der Waals surface area contributed by atoms with Gasteiger partial charge in [0.15, 0.2) is 0 Å². The number of piperazine rings is 1. The molecule has 0 radical (unpaired) electrons. The number of rotatable bonds is 11. The van der Waals surface area contributed by atoms with Crippen LogP contribution in [0.2, 0.25) is 0 Å². The van der Waals surface area contributed by atoms with Gasteiger partial charge in [-0.25, -0.2) is 19.7 Å². The summed E-state index contributed by atoms with van der Waals surface area (Å²) in [5.41, 5.74) is -0.379. The molecule has 1 aromatic heterocycles. The number of ether oxygens (including phenoxy) is 4. The van der Waals surface area contributed by atoms with Gasteiger partial charge in [0, 0.05) is 51.2 Å². The topological polar surface area (TPSA) is 184 Å². The lowest BCUT2D eigenvalue weighted by molar-refractivity contribution is -0.179. The van der Waals surface area contributed by atoms with Crippen molar-refractivity contribution in [3.05, 3.63) is 149 Å². The van der Waals surface area contributed by atoms with Gasteiger partial charge in [0.05, 0.1) is 36.9 Å². The Morgan fingerprint density at radius 1 is 0.778 bits per heavy atom. The lowest BCUT2D eigenvalue weighted by atomic mass is 9.64. The molecule has 16 nitrogen and oxygen atoms in total. The molecule has 4 aliphatic heterocycles. The van der Waals surface area contributed by atoms with E-state index in [0.29, 0.717) is 59.9 Å². The third-order valence-electron chi connectivity index (χ3n) is 14.8. The highest BCUT2D eigenvalue weighted by Crippen LogP contribution is 2.66. The molecule has 1 aliphatic carbocycles. The van der Waals surface area contributed by atoms with Crippen molar-refractivity contribution in [3.8, 4) is 17.6 Å². The van der Waals surface area contributed by atoms with Gasteiger partial charge in [-0.05, 0) is 84.3 Å². The van der Waals surface area contributed by atoms with E-state index in [9.17, 15) is 15.0 Å². The zero-order valence-corrected chi connectivity index (χ0v) is 40.2. The van der Waals surface area contributed by atoms with Gasteiger partial charge < -0.3 is 39.0 Å². The number of methoxy groups -OCH3 is 1. The number of fused-ring (bicyclic) bond motifs is 3. The van der Waals surface area contributed by atoms with Crippen LogP contribution in [0.3, 0.4) is 0 Å². The number of aliphatic hydroxyl groups excluding tert-OH is 1. The number of benzene rings is 4. The van der Waals surface area contributed by atoms with Crippen LogP contribution in [0, 0.1) is 17.8 Å². The molecule has 4 fully saturated rings. The van der Waals surface area contributed by atoms with Crippen LogP contribution in [0.15, 0.2) is 122 Å². The minimum absolute atomic E-state index is 0.0345. The molecule has 5 aliphatic rings. The Kier molecular flexibility index (Phi) is 14.1. The minimum atomic E-state index is -2.04. The number of carbonyl (C=O) groups excluding carboxylic acids is 4. The van der Waals surface area contributed by atoms with Crippen LogP contribution >= 0.6 is 0 Å². The summed E-state index contributed by atoms with van der Waals surface area (Å²) < 4.78 is 23.5. The number of nitrogens with zero attached hydrogens (tertiary/aromatic N) is 6. The summed E-state index contributed by atoms with van der Waals surface area (Å²) >= 11 is 0. The van der Waals surface area contributed by atoms with E-state index in [-0.39, 0.29) is 45.2 Å². The van der Waals surface area contributed by atoms with Crippen LogP contribution in [-0.4, -0.2) is 125 Å². The fourth-order valence-electron chi connectivity index (χ4n) is 11.5. The Morgan fingerprint density at radius 2 is 1.46 bits per heavy atom. The molecule has 10 rings (SSSR count). The largest absolute Gasteiger partial charge is 0.491 e. The normalized spacial score (nSPS) is 24.7. The Bertz CT molecular complexity index is 2810. The number of cyclic esters (lactones) is 1. The van der Waals surface area contributed by atoms with Crippen molar-refractivity contribution >= 4 is 35.5 Å². The molecule has 3 saturated heterocycles. The third-order valence-corrected chi connectivity index (χ3v) is 14.8. The van der Waals surface area contributed by atoms with Gasteiger partial charge >= 0.3 is 12.1 Å². The lowest BCUT2D eigenvalue weighted by Crippen LogP contribution is -2.59. The first-order valence-electron chi connectivity index (χ1n) is 24.8. The molecule has 4 aromatic carbocycles. The SMILES string of the molecule is COCCOC(=O)N1C(=O)C2(c3cc(C#CC4(O)CCCCCC4)ccc31)C(C(=O)N1CCN(c3ncccn3)CC1)C1C(=O)OC(c3ccccc3)C(c3ccccc3)N1C2c1ccc(OCCO)cc1. The van der Waals surface area contributed by atoms with Gasteiger partial charge in [0.2, 0.25) is 17.8 Å². The number of esters is 1. The van der Waals surface area contributed by atoms with Crippen molar-refractivity contribution in [1.29, 1.82) is 0 Å². The summed E-state index contributed by atoms with van der Waals surface area (Å²) in [4.78, 5) is 78.8. The molecule has 6 unspecified atom stereocenters. The van der Waals surface area contributed by atoms with Crippen molar-refractivity contribution in [3.63, 3.8) is 0 Å². The van der Waals surface area contributed by atoms with Gasteiger partial charge in [-0.3, -0.25) is 19.3 Å². The first kappa shape index (κ1) is 48.5. The highest BCUT2D eigenvalue weighted by molar-refractivity contribution is 6.23. The molecule has 372 valence electrons. The summed E-state index contributed by atoms with van der Waals surface area (Å²) in [5, 5.41) is 21.4. The van der Waals surface area contributed by atoms with Crippen LogP contribution < -0.4 is 14.5 Å². The van der Waals surface area contributed by atoms with E-state index in [4.69, 9.17) is 18.9 Å². The predicted molar refractivity (Wildman–Crippen MR) is 265 cm³/mol. The number of carbonyl (C=O) groups is 4. The zero-order valence-electron chi connectivity index (χ0n) is 40.2. The maximum Gasteiger partial charge on any atom is 0.421 e. The molecule has 1 saturated carbocycles. The van der Waals surface area contributed by atoms with E-state index in [1.165, 1.54) is 7.11 Å². The summed E-state index contributed by atoms with van der Waals surface area (Å²) in [6, 6.07) is 29.5. The van der Waals surface area contributed by atoms with Crippen LogP contribution in [0.25, 0.3) is 0 Å². The third kappa shape index (κ3) is 8.95. The van der Waals surface area contributed by atoms with E-state index in [1.54, 1.807) is 65.8 Å². The highest BCUT2D eigenvalue weighted by atomic mass is 16.6. The molecular weight excluding hydrogens is 917 g/mol. The van der Waals surface area contributed by atoms with Crippen molar-refractivity contribution < 1.29 is 48.3 Å². The second-order valence-electron chi connectivity index (χ2n) is 18.9. The van der Waals surface area contributed by atoms with Crippen molar-refractivity contribution in [2.24, 2.45) is 5.92 Å². The average molecular weight is 975 g/mol. The Morgan fingerprint density at radius 3 is 2.12 bits per heavy atom. The Labute approximate surface area is 418 Å². The highest BCUT2D eigenvalue weighted by Gasteiger charge is 2.76. The molecule has 2 N–H and O–H groups in total. The van der Waals surface area contributed by atoms with Crippen LogP contribution in [0.5, 0.6) is 5.75 Å². The number of imide groups is 1. The number of hydrogen-bond acceptors (Lipinski definition) is 14. The van der Waals surface area contributed by atoms with Gasteiger partial charge in [-0.15, -0.1) is 0 Å². The van der Waals surface area contributed by atoms with Gasteiger partial charge in [-0.1, -0.05) is 97.5 Å². The zero-order chi connectivity index (χ0) is 49.8. The Balaban J connectivity index is 1.23. The van der Waals surface area contributed by atoms with Crippen molar-refractivity contribution in [1.82, 2.24) is 19.8 Å². The van der Waals surface area contributed by atoms with Gasteiger partial charge in [0.25, 0.3) is 0 Å². The van der Waals surface area contributed by atoms with Crippen molar-refractivity contribution in [2.45, 2.75) is 73.8 Å². The molecule has 16 heteroatoms. The van der Waals surface area contributed by atoms with Gasteiger partial charge in [-0.2, -0.15) is 0 Å². The second kappa shape index (κ2) is 20.9. The van der Waals surface area contributed by atoms with E-state index in [1.807, 2.05) is 70.5 Å². The first-order valence-corrected chi connectivity index (χ1v) is 24.8. The van der Waals surface area contributed by atoms with Crippen LogP contribution in [0.4, 0.5) is 16.4 Å². The number of aliphatic hydroxyl groups is 2. The maximum atomic E-state index is 16.6. The molecule has 3 amide bonds. The number of amides is 3. The molecular formula is C56H58N6O10. The molecule has 5 heterocycles. The van der Waals surface area contributed by atoms with E-state index >= 15 is 14.4 Å². The van der Waals surface area contributed by atoms with E-state index in [0.717, 1.165) is 36.1 Å². The number of aromatic nitrogens is 2. The summed E-state index contributed by atoms with van der Waals surface area (Å²) in [5.74, 6) is 3.92. The average Bonchev–Trinajstić information content (AvgIpc) is 3.75. The van der Waals surface area contributed by atoms with E-state index in [2.05, 4.69) is 21.8 Å². The fourth-order valence-corrected chi connectivity index (χ4v) is 11.5. The fraction of sp³-hybridized carbons (Fsp3) is 0.393. The second-order valence-corrected chi connectivity index (χ2v) is 18.9. The molecule has 6 atom stereocenters. The Hall–Kier alpha value is -7.16. The molecule has 1 spiro atoms. The first-order chi connectivity index (χ1) is 35.2. The molecule has 5 aromatic rings. The van der Waals surface area contributed by atoms with Crippen molar-refractivity contribution in [2.75, 3.05) is 69.5 Å². The smallest absolute Gasteiger partial charge is 0.421 e. The number of anilines is 2. The summed E-state index contributed by atoms with van der Waals surface area (Å²) in [6.07, 6.45) is 6.10. The minimum Gasteiger partial charge on any atom is -0.491 e. The van der Waals surface area contributed by atoms with E-state index < -0.39 is 65.0 Å². The standard InChI is InChI=1S/C56H58N6O10/c1-69-35-36-71-54(67)61-44-22-17-38(23-26-55(68)24-10-2-3-11-25-55)37-43(44)56(52(61)66)45(50(64)59-29-31-60(32-30-59)53-57-27-12-28-58-53)47-51(65)72-48(40-15-8-5-9-16-40)46(39-13-6-4-7-14-39)62(47)49(56)41-18-20-42(21-19-41)70-34-33-63/h4-9,12-22,27-28,37,45-49,63,68H,2-3,10-11,24-25,29-36H2,1H3. The molecule has 0 bridgehead atoms.